The lowest BCUT2D eigenvalue weighted by Crippen LogP contribution is -2.19. The summed E-state index contributed by atoms with van der Waals surface area (Å²) in [5.74, 6) is -0.549. The fourth-order valence-corrected chi connectivity index (χ4v) is 3.27. The zero-order valence-corrected chi connectivity index (χ0v) is 15.1. The van der Waals surface area contributed by atoms with Crippen molar-refractivity contribution >= 4 is 33.7 Å². The summed E-state index contributed by atoms with van der Waals surface area (Å²) in [6.07, 6.45) is -4.66. The fraction of sp³-hybridized carbons (Fsp3) is 0.200. The van der Waals surface area contributed by atoms with E-state index in [-0.39, 0.29) is 33.5 Å². The SMILES string of the molecule is Cc1cc(C(F)(F)F)n2nc(C(=O)Nc3csc4nc(=O)c(C)nn34)cc2n1. The van der Waals surface area contributed by atoms with Gasteiger partial charge in [0.05, 0.1) is 0 Å². The van der Waals surface area contributed by atoms with Crippen molar-refractivity contribution in [3.63, 3.8) is 0 Å². The van der Waals surface area contributed by atoms with Gasteiger partial charge in [-0.2, -0.15) is 32.9 Å². The average Bonchev–Trinajstić information content (AvgIpc) is 3.18. The predicted octanol–water partition coefficient (Wildman–Crippen LogP) is 2.08. The standard InChI is InChI=1S/C15H10F3N7O2S/c1-6-3-9(15(16,17)18)24-10(19-6)4-8(23-24)13(27)20-11-5-28-14-21-12(26)7(2)22-25(11)14/h3-5H,1-2H3,(H,20,27). The van der Waals surface area contributed by atoms with Crippen LogP contribution in [-0.2, 0) is 6.18 Å². The number of thiazole rings is 1. The Hall–Kier alpha value is -3.35. The van der Waals surface area contributed by atoms with Gasteiger partial charge in [0.25, 0.3) is 11.5 Å². The zero-order valence-electron chi connectivity index (χ0n) is 14.3. The zero-order chi connectivity index (χ0) is 20.2. The van der Waals surface area contributed by atoms with Crippen molar-refractivity contribution in [2.24, 2.45) is 0 Å². The summed E-state index contributed by atoms with van der Waals surface area (Å²) < 4.78 is 41.5. The molecule has 0 bridgehead atoms. The number of carbonyl (C=O) groups is 1. The van der Waals surface area contributed by atoms with E-state index in [1.54, 1.807) is 0 Å². The van der Waals surface area contributed by atoms with Crippen LogP contribution in [0.25, 0.3) is 10.6 Å². The highest BCUT2D eigenvalue weighted by molar-refractivity contribution is 7.15. The highest BCUT2D eigenvalue weighted by Crippen LogP contribution is 2.30. The monoisotopic (exact) mass is 409 g/mol. The van der Waals surface area contributed by atoms with Crippen LogP contribution in [0, 0.1) is 13.8 Å². The second-order valence-corrected chi connectivity index (χ2v) is 6.69. The highest BCUT2D eigenvalue weighted by Gasteiger charge is 2.35. The molecule has 0 spiro atoms. The number of aromatic nitrogens is 6. The third-order valence-corrected chi connectivity index (χ3v) is 4.58. The predicted molar refractivity (Wildman–Crippen MR) is 92.6 cm³/mol. The minimum absolute atomic E-state index is 0.105. The molecule has 0 aliphatic heterocycles. The van der Waals surface area contributed by atoms with E-state index in [1.807, 2.05) is 0 Å². The highest BCUT2D eigenvalue weighted by atomic mass is 32.1. The third-order valence-electron chi connectivity index (χ3n) is 3.76. The molecule has 4 rings (SSSR count). The number of anilines is 1. The summed E-state index contributed by atoms with van der Waals surface area (Å²) in [5.41, 5.74) is -1.60. The van der Waals surface area contributed by atoms with Crippen LogP contribution in [0.5, 0.6) is 0 Å². The number of rotatable bonds is 2. The summed E-state index contributed by atoms with van der Waals surface area (Å²) in [5, 5.41) is 11.8. The molecule has 9 nitrogen and oxygen atoms in total. The molecule has 1 N–H and O–H groups in total. The first-order chi connectivity index (χ1) is 13.1. The largest absolute Gasteiger partial charge is 0.433 e. The number of hydrogen-bond acceptors (Lipinski definition) is 7. The van der Waals surface area contributed by atoms with E-state index in [4.69, 9.17) is 0 Å². The van der Waals surface area contributed by atoms with E-state index in [1.165, 1.54) is 23.7 Å². The molecule has 1 amide bonds. The number of aryl methyl sites for hydroxylation is 2. The van der Waals surface area contributed by atoms with E-state index >= 15 is 0 Å². The molecular formula is C15H10F3N7O2S. The van der Waals surface area contributed by atoms with E-state index < -0.39 is 23.3 Å². The summed E-state index contributed by atoms with van der Waals surface area (Å²) in [6.45, 7) is 2.89. The van der Waals surface area contributed by atoms with Gasteiger partial charge in [0, 0.05) is 17.1 Å². The van der Waals surface area contributed by atoms with E-state index in [2.05, 4.69) is 25.5 Å². The van der Waals surface area contributed by atoms with Crippen LogP contribution in [-0.4, -0.2) is 35.1 Å². The lowest BCUT2D eigenvalue weighted by atomic mass is 10.3. The van der Waals surface area contributed by atoms with Crippen LogP contribution in [0.2, 0.25) is 0 Å². The molecule has 0 unspecified atom stereocenters. The van der Waals surface area contributed by atoms with Crippen LogP contribution in [0.1, 0.15) is 27.6 Å². The summed E-state index contributed by atoms with van der Waals surface area (Å²) >= 11 is 1.07. The summed E-state index contributed by atoms with van der Waals surface area (Å²) in [4.78, 5) is 32.1. The Bertz CT molecular complexity index is 1300. The second kappa shape index (κ2) is 6.09. The van der Waals surface area contributed by atoms with Gasteiger partial charge < -0.3 is 5.32 Å². The summed E-state index contributed by atoms with van der Waals surface area (Å²) in [7, 11) is 0. The number of carbonyl (C=O) groups excluding carboxylic acids is 1. The van der Waals surface area contributed by atoms with Gasteiger partial charge in [-0.1, -0.05) is 0 Å². The second-order valence-electron chi connectivity index (χ2n) is 5.85. The van der Waals surface area contributed by atoms with Crippen LogP contribution in [0.4, 0.5) is 19.0 Å². The third kappa shape index (κ3) is 2.98. The number of nitrogens with zero attached hydrogens (tertiary/aromatic N) is 6. The Morgan fingerprint density at radius 1 is 1.14 bits per heavy atom. The average molecular weight is 409 g/mol. The van der Waals surface area contributed by atoms with Crippen LogP contribution >= 0.6 is 11.3 Å². The van der Waals surface area contributed by atoms with Crippen molar-refractivity contribution in [1.29, 1.82) is 0 Å². The Morgan fingerprint density at radius 2 is 1.89 bits per heavy atom. The molecule has 0 fully saturated rings. The molecule has 144 valence electrons. The minimum Gasteiger partial charge on any atom is -0.304 e. The van der Waals surface area contributed by atoms with Crippen LogP contribution in [0.15, 0.2) is 22.3 Å². The van der Waals surface area contributed by atoms with Gasteiger partial charge in [0.1, 0.15) is 17.2 Å². The number of hydrogen-bond donors (Lipinski definition) is 1. The maximum absolute atomic E-state index is 13.2. The molecule has 13 heteroatoms. The van der Waals surface area contributed by atoms with Gasteiger partial charge in [-0.05, 0) is 19.9 Å². The maximum Gasteiger partial charge on any atom is 0.433 e. The molecule has 0 atom stereocenters. The number of nitrogens with one attached hydrogen (secondary N) is 1. The molecule has 4 aromatic heterocycles. The van der Waals surface area contributed by atoms with Gasteiger partial charge in [0.15, 0.2) is 11.3 Å². The Balaban J connectivity index is 1.74. The molecule has 0 aliphatic carbocycles. The van der Waals surface area contributed by atoms with Crippen molar-refractivity contribution in [1.82, 2.24) is 29.2 Å². The summed E-state index contributed by atoms with van der Waals surface area (Å²) in [6, 6.07) is 2.01. The number of fused-ring (bicyclic) bond motifs is 2. The quantitative estimate of drug-likeness (QED) is 0.543. The molecule has 4 heterocycles. The molecule has 28 heavy (non-hydrogen) atoms. The van der Waals surface area contributed by atoms with E-state index in [0.29, 0.717) is 4.52 Å². The lowest BCUT2D eigenvalue weighted by Gasteiger charge is -2.09. The van der Waals surface area contributed by atoms with Crippen LogP contribution in [0.3, 0.4) is 0 Å². The van der Waals surface area contributed by atoms with Crippen molar-refractivity contribution in [2.75, 3.05) is 5.32 Å². The molecule has 4 aromatic rings. The van der Waals surface area contributed by atoms with Gasteiger partial charge >= 0.3 is 6.18 Å². The number of alkyl halides is 3. The van der Waals surface area contributed by atoms with Crippen LogP contribution < -0.4 is 10.9 Å². The minimum atomic E-state index is -4.66. The van der Waals surface area contributed by atoms with Crippen molar-refractivity contribution in [3.8, 4) is 0 Å². The van der Waals surface area contributed by atoms with Gasteiger partial charge in [-0.3, -0.25) is 9.59 Å². The molecular weight excluding hydrogens is 399 g/mol. The smallest absolute Gasteiger partial charge is 0.304 e. The first kappa shape index (κ1) is 18.0. The Morgan fingerprint density at radius 3 is 2.61 bits per heavy atom. The number of halogens is 3. The molecule has 0 radical (unpaired) electrons. The maximum atomic E-state index is 13.2. The van der Waals surface area contributed by atoms with Crippen molar-refractivity contribution in [2.45, 2.75) is 20.0 Å². The first-order valence-corrected chi connectivity index (χ1v) is 8.62. The Kier molecular flexibility index (Phi) is 3.92. The molecule has 0 aliphatic rings. The normalized spacial score (nSPS) is 12.0. The van der Waals surface area contributed by atoms with E-state index in [9.17, 15) is 22.8 Å². The molecule has 0 aromatic carbocycles. The fourth-order valence-electron chi connectivity index (χ4n) is 2.52. The first-order valence-electron chi connectivity index (χ1n) is 7.74. The van der Waals surface area contributed by atoms with Gasteiger partial charge in [-0.15, -0.1) is 11.3 Å². The molecule has 0 saturated heterocycles. The topological polar surface area (TPSA) is 107 Å². The molecule has 0 saturated carbocycles. The van der Waals surface area contributed by atoms with E-state index in [0.717, 1.165) is 23.5 Å². The van der Waals surface area contributed by atoms with Crippen molar-refractivity contribution in [3.05, 3.63) is 50.6 Å². The van der Waals surface area contributed by atoms with Gasteiger partial charge in [0.2, 0.25) is 4.96 Å². The number of amides is 1. The van der Waals surface area contributed by atoms with Crippen molar-refractivity contribution < 1.29 is 18.0 Å². The lowest BCUT2D eigenvalue weighted by molar-refractivity contribution is -0.142. The van der Waals surface area contributed by atoms with Gasteiger partial charge in [-0.25, -0.2) is 9.50 Å². The Labute approximate surface area is 157 Å².